The molecule has 0 aliphatic carbocycles. The van der Waals surface area contributed by atoms with Gasteiger partial charge in [0.2, 0.25) is 47.3 Å². The molecular weight excluding hydrogens is 1780 g/mol. The largest absolute Gasteiger partial charge is 0.508 e. The van der Waals surface area contributed by atoms with Gasteiger partial charge >= 0.3 is 17.9 Å². The van der Waals surface area contributed by atoms with Gasteiger partial charge in [-0.1, -0.05) is 95.1 Å². The summed E-state index contributed by atoms with van der Waals surface area (Å²) in [6.07, 6.45) is -10.1. The molecule has 0 bridgehead atoms. The van der Waals surface area contributed by atoms with Crippen LogP contribution in [0.1, 0.15) is 181 Å². The second kappa shape index (κ2) is 58.1. The van der Waals surface area contributed by atoms with Crippen LogP contribution in [0.2, 0.25) is 0 Å². The van der Waals surface area contributed by atoms with Crippen molar-refractivity contribution in [1.29, 1.82) is 0 Å². The number of amides is 8. The molecule has 18 N–H and O–H groups in total. The van der Waals surface area contributed by atoms with E-state index in [1.807, 2.05) is 0 Å². The molecule has 0 spiro atoms. The molecule has 736 valence electrons. The first-order chi connectivity index (χ1) is 62.7. The number of thioether (sulfide) groups is 1. The van der Waals surface area contributed by atoms with Crippen LogP contribution < -0.4 is 43.0 Å². The van der Waals surface area contributed by atoms with E-state index in [9.17, 15) is 145 Å². The summed E-state index contributed by atoms with van der Waals surface area (Å²) in [5, 5.41) is 111. The van der Waals surface area contributed by atoms with Crippen LogP contribution in [0.25, 0.3) is 0 Å². The summed E-state index contributed by atoms with van der Waals surface area (Å²) in [7, 11) is -3.48. The zero-order valence-electron chi connectivity index (χ0n) is 76.2. The summed E-state index contributed by atoms with van der Waals surface area (Å²) in [5.74, 6) is -31.7. The maximum absolute atomic E-state index is 14.8. The number of nitrogens with one attached hydrogen (secondary N) is 7. The summed E-state index contributed by atoms with van der Waals surface area (Å²) in [4.78, 5) is 261. The highest BCUT2D eigenvalue weighted by molar-refractivity contribution is 8.00. The third-order valence-electron chi connectivity index (χ3n) is 23.0. The molecule has 0 unspecified atom stereocenters. The number of phenolic OH excluding ortho intramolecular Hbond substituents is 2. The number of hydrogen-bond donors (Lipinski definition) is 17. The van der Waals surface area contributed by atoms with Crippen LogP contribution in [-0.2, 0) is 120 Å². The monoisotopic (exact) mass is 1910 g/mol. The minimum Gasteiger partial charge on any atom is -0.508 e. The van der Waals surface area contributed by atoms with Crippen LogP contribution >= 0.6 is 11.8 Å². The van der Waals surface area contributed by atoms with Gasteiger partial charge in [0.05, 0.1) is 116 Å². The number of ketones is 8. The van der Waals surface area contributed by atoms with Crippen LogP contribution in [0.15, 0.2) is 78.9 Å². The Hall–Kier alpha value is -11.1. The van der Waals surface area contributed by atoms with Crippen molar-refractivity contribution in [2.45, 2.75) is 232 Å². The zero-order chi connectivity index (χ0) is 99.5. The lowest BCUT2D eigenvalue weighted by Gasteiger charge is -2.28. The van der Waals surface area contributed by atoms with Crippen molar-refractivity contribution in [3.8, 4) is 11.5 Å². The predicted molar refractivity (Wildman–Crippen MR) is 483 cm³/mol. The molecule has 41 heteroatoms. The molecular formula is C92H131N9O30S2. The number of aromatic hydroxyl groups is 2. The Kier molecular flexibility index (Phi) is 49.9. The lowest BCUT2D eigenvalue weighted by Crippen LogP contribution is -2.52. The fourth-order valence-corrected chi connectivity index (χ4v) is 17.0. The number of hydrogen-bond acceptors (Lipinski definition) is 29. The first kappa shape index (κ1) is 114. The number of nitrogens with zero attached hydrogens (tertiary/aromatic N) is 1. The predicted octanol–water partition coefficient (Wildman–Crippen LogP) is 1.32. The molecule has 8 amide bonds. The summed E-state index contributed by atoms with van der Waals surface area (Å²) < 4.78 is 23.5. The highest BCUT2D eigenvalue weighted by atomic mass is 32.2. The SMILES string of the molecule is CC[C@H](C)[C@H](NC(=O)[C@H](CO)CC(=O)[C@H](Cc1ccc(O)cc1)NC(=O)[C@H](CC(=O)O)CC(=O)[C@H](CO)NC(=O)[C@@H](CC(=O)[C@H](Cc1ccccc1)NC(=O)[C@@H](CC(=O)CNC(=O)[C@H](CCC(=O)O)CC(=O)CSCC(=O)CCCN1CCS(=O)(=O)CC1=O)[C@@H](C)O)[C@@H](C)O)C(=O)C[C@@H](Cc1ccc(O)cc1)C(=O)N[C@@H](CC(C)C)C(=O)C[C@@H](CC(=O)O)C(=O)N[C@H](C)CCCCN. The smallest absolute Gasteiger partial charge is 0.304 e. The van der Waals surface area contributed by atoms with E-state index < -0.39 is 307 Å². The van der Waals surface area contributed by atoms with Crippen LogP contribution in [0.4, 0.5) is 0 Å². The van der Waals surface area contributed by atoms with E-state index in [1.54, 1.807) is 65.0 Å². The van der Waals surface area contributed by atoms with E-state index in [0.29, 0.717) is 36.9 Å². The maximum Gasteiger partial charge on any atom is 0.304 e. The quantitative estimate of drug-likeness (QED) is 0.0354. The highest BCUT2D eigenvalue weighted by Gasteiger charge is 2.41. The van der Waals surface area contributed by atoms with Gasteiger partial charge in [-0.25, -0.2) is 8.42 Å². The minimum atomic E-state index is -3.48. The van der Waals surface area contributed by atoms with Crippen molar-refractivity contribution in [2.75, 3.05) is 62.4 Å². The highest BCUT2D eigenvalue weighted by Crippen LogP contribution is 2.27. The lowest BCUT2D eigenvalue weighted by molar-refractivity contribution is -0.143. The number of carbonyl (C=O) groups excluding carboxylic acids is 16. The van der Waals surface area contributed by atoms with Crippen LogP contribution in [-0.4, -0.2) is 282 Å². The number of unbranched alkanes of at least 4 members (excludes halogenated alkanes) is 1. The van der Waals surface area contributed by atoms with Crippen molar-refractivity contribution in [2.24, 2.45) is 59.0 Å². The van der Waals surface area contributed by atoms with Gasteiger partial charge in [0.25, 0.3) is 0 Å². The summed E-state index contributed by atoms with van der Waals surface area (Å²) in [6.45, 7) is 8.25. The molecule has 3 aromatic rings. The van der Waals surface area contributed by atoms with E-state index >= 15 is 0 Å². The third-order valence-corrected chi connectivity index (χ3v) is 25.5. The third kappa shape index (κ3) is 42.3. The molecule has 16 atom stereocenters. The number of aliphatic hydroxyl groups is 4. The molecule has 0 radical (unpaired) electrons. The van der Waals surface area contributed by atoms with Gasteiger partial charge in [0.15, 0.2) is 44.5 Å². The number of benzene rings is 3. The van der Waals surface area contributed by atoms with Crippen molar-refractivity contribution < 1.29 is 145 Å². The molecule has 0 saturated carbocycles. The second-order valence-electron chi connectivity index (χ2n) is 34.7. The van der Waals surface area contributed by atoms with E-state index in [4.69, 9.17) is 5.73 Å². The number of carboxylic acid groups (broad SMARTS) is 3. The van der Waals surface area contributed by atoms with Gasteiger partial charge in [-0.15, -0.1) is 11.8 Å². The van der Waals surface area contributed by atoms with E-state index in [-0.39, 0.29) is 104 Å². The van der Waals surface area contributed by atoms with Gasteiger partial charge < -0.3 is 93.8 Å². The first-order valence-electron chi connectivity index (χ1n) is 44.5. The summed E-state index contributed by atoms with van der Waals surface area (Å²) in [6, 6.07) is 10.3. The number of carboxylic acids is 3. The number of Topliss-reactive ketones (excluding diaryl/α,β-unsaturated/α-hetero) is 8. The maximum atomic E-state index is 14.8. The number of nitrogens with two attached hydrogens (primary N) is 1. The average Bonchev–Trinajstić information content (AvgIpc) is 0.846. The van der Waals surface area contributed by atoms with Crippen LogP contribution in [0.3, 0.4) is 0 Å². The normalized spacial score (nSPS) is 16.1. The summed E-state index contributed by atoms with van der Waals surface area (Å²) >= 11 is 0.930. The van der Waals surface area contributed by atoms with E-state index in [2.05, 4.69) is 37.2 Å². The molecule has 1 heterocycles. The number of carbonyl (C=O) groups is 19. The topological polar surface area (TPSA) is 654 Å². The van der Waals surface area contributed by atoms with Crippen molar-refractivity contribution in [1.82, 2.24) is 42.1 Å². The number of sulfone groups is 1. The Morgan fingerprint density at radius 3 is 1.45 bits per heavy atom. The van der Waals surface area contributed by atoms with Gasteiger partial charge in [-0.3, -0.25) is 91.1 Å². The van der Waals surface area contributed by atoms with Crippen molar-refractivity contribution >= 4 is 133 Å². The van der Waals surface area contributed by atoms with Crippen LogP contribution in [0.5, 0.6) is 11.5 Å². The first-order valence-corrected chi connectivity index (χ1v) is 47.5. The Balaban J connectivity index is 1.52. The number of aliphatic carboxylic acids is 3. The summed E-state index contributed by atoms with van der Waals surface area (Å²) in [5.41, 5.74) is 6.75. The van der Waals surface area contributed by atoms with Crippen molar-refractivity contribution in [3.63, 3.8) is 0 Å². The minimum absolute atomic E-state index is 0.00384. The average molecular weight is 1910 g/mol. The molecule has 39 nitrogen and oxygen atoms in total. The zero-order valence-corrected chi connectivity index (χ0v) is 77.8. The van der Waals surface area contributed by atoms with Gasteiger partial charge in [-0.05, 0) is 131 Å². The molecule has 1 aliphatic rings. The molecule has 4 rings (SSSR count). The molecule has 1 saturated heterocycles. The lowest BCUT2D eigenvalue weighted by atomic mass is 9.85. The van der Waals surface area contributed by atoms with Crippen molar-refractivity contribution in [3.05, 3.63) is 95.6 Å². The molecule has 3 aromatic carbocycles. The van der Waals surface area contributed by atoms with Gasteiger partial charge in [-0.2, -0.15) is 0 Å². The number of aliphatic hydroxyl groups excluding tert-OH is 4. The number of rotatable bonds is 67. The van der Waals surface area contributed by atoms with E-state index in [1.165, 1.54) is 53.4 Å². The van der Waals surface area contributed by atoms with Gasteiger partial charge in [0, 0.05) is 88.8 Å². The fraction of sp³-hybridized carbons (Fsp3) is 0.598. The Morgan fingerprint density at radius 2 is 0.932 bits per heavy atom. The molecule has 0 aromatic heterocycles. The molecule has 133 heavy (non-hydrogen) atoms. The number of phenols is 2. The Bertz CT molecular complexity index is 4590. The molecule has 1 fully saturated rings. The standard InChI is InChI=1S/C92H131N9O30S2/c1-8-53(4)85(80(115)40-61(34-58-19-24-65(106)25-20-58)88(125)96-72(33-52(2)3)76(111)38-62(42-83(119)120)87(124)95-54(5)15-12-13-29-93)100-90(127)64(47-102)41-77(112)73(36-59-21-26-66(107)27-22-59)97-89(126)63(43-84(121)122)39-78(113)75(48-103)99-92(129)71(56(7)105)45-79(114)74(35-57-16-10-9-11-17-57)98-91(128)70(55(6)104)44-68(109)46-94-86(123)60(23-28-82(117)118)37-69(110)50-132-49-67(108)18-14-30-101-31-32-133(130,131)51-81(101)116/h9-11,16-17,19-22,24-27,52-56,60-64,70-75,85,102-107H,8,12-15,18,23,28-51,93H2,1-7H3,(H,94,123)(H,95,124)(H,96,125)(H,97,126)(H,98,128)(H,99,129)(H,100,127)(H,117,118)(H,119,120)(H,121,122)/t53-,54+,55+,56+,60+,61+,62-,63-,64-,70-,71-,72-,73-,74-,75-,85-/m0/s1. The molecule has 1 aliphatic heterocycles. The van der Waals surface area contributed by atoms with Gasteiger partial charge in [0.1, 0.15) is 34.9 Å². The van der Waals surface area contributed by atoms with E-state index in [0.717, 1.165) is 25.6 Å². The second-order valence-corrected chi connectivity index (χ2v) is 37.9. The fourth-order valence-electron chi connectivity index (χ4n) is 15.0. The van der Waals surface area contributed by atoms with Crippen LogP contribution in [0, 0.1) is 53.3 Å². The Labute approximate surface area is 776 Å². The Morgan fingerprint density at radius 1 is 0.459 bits per heavy atom.